The number of benzene rings is 3. The molecule has 3 heterocycles. The average molecular weight is 685 g/mol. The molecule has 4 atom stereocenters. The zero-order chi connectivity index (χ0) is 35.3. The third kappa shape index (κ3) is 4.73. The molecule has 6 rings (SSSR count). The van der Waals surface area contributed by atoms with E-state index < -0.39 is 48.8 Å². The molecule has 1 saturated heterocycles. The lowest BCUT2D eigenvalue weighted by atomic mass is 9.59. The second-order valence-electron chi connectivity index (χ2n) is 13.8. The Morgan fingerprint density at radius 3 is 1.76 bits per heavy atom. The van der Waals surface area contributed by atoms with Crippen LogP contribution in [-0.2, 0) is 29.8 Å². The Morgan fingerprint density at radius 2 is 1.33 bits per heavy atom. The summed E-state index contributed by atoms with van der Waals surface area (Å²) in [4.78, 5) is 13.2. The summed E-state index contributed by atoms with van der Waals surface area (Å²) < 4.78 is 29.2. The molecule has 1 aliphatic heterocycles. The first-order valence-electron chi connectivity index (χ1n) is 16.2. The largest absolute Gasteiger partial charge is 0.492 e. The van der Waals surface area contributed by atoms with Crippen LogP contribution >= 0.6 is 0 Å². The number of rotatable bonds is 10. The van der Waals surface area contributed by atoms with Crippen LogP contribution in [0.2, 0.25) is 18.1 Å². The van der Waals surface area contributed by atoms with Gasteiger partial charge in [-0.1, -0.05) is 112 Å². The van der Waals surface area contributed by atoms with Gasteiger partial charge in [0.2, 0.25) is 11.6 Å². The quantitative estimate of drug-likeness (QED) is 0.101. The number of imidazole rings is 1. The van der Waals surface area contributed by atoms with Gasteiger partial charge in [-0.05, 0) is 34.8 Å². The van der Waals surface area contributed by atoms with Gasteiger partial charge in [0, 0.05) is 14.2 Å². The molecule has 0 bridgehead atoms. The van der Waals surface area contributed by atoms with Crippen molar-refractivity contribution in [3.05, 3.63) is 120 Å². The van der Waals surface area contributed by atoms with Gasteiger partial charge in [0.05, 0.1) is 18.3 Å². The second kappa shape index (κ2) is 12.4. The maximum atomic E-state index is 13.1. The lowest BCUT2D eigenvalue weighted by Gasteiger charge is -2.59. The van der Waals surface area contributed by atoms with E-state index in [0.29, 0.717) is 0 Å². The van der Waals surface area contributed by atoms with Gasteiger partial charge in [0.15, 0.2) is 19.5 Å². The van der Waals surface area contributed by atoms with Crippen LogP contribution in [0.3, 0.4) is 0 Å². The van der Waals surface area contributed by atoms with E-state index in [1.54, 1.807) is 4.57 Å². The summed E-state index contributed by atoms with van der Waals surface area (Å²) in [6, 6.07) is 29.1. The minimum absolute atomic E-state index is 0.0827. The van der Waals surface area contributed by atoms with Crippen molar-refractivity contribution in [2.45, 2.75) is 67.7 Å². The molecule has 258 valence electrons. The molecule has 3 aromatic carbocycles. The molecule has 0 radical (unpaired) electrons. The molecule has 0 unspecified atom stereocenters. The van der Waals surface area contributed by atoms with Crippen LogP contribution in [0.1, 0.15) is 37.5 Å². The van der Waals surface area contributed by atoms with Crippen LogP contribution in [-0.4, -0.2) is 81.7 Å². The molecule has 2 aromatic heterocycles. The molecular formula is C37H44N4O7Si. The first-order valence-corrected chi connectivity index (χ1v) is 19.1. The number of aliphatic hydroxyl groups is 2. The van der Waals surface area contributed by atoms with E-state index in [1.807, 2.05) is 104 Å². The monoisotopic (exact) mass is 684 g/mol. The number of aliphatic hydroxyl groups excluding tert-OH is 1. The fraction of sp³-hybridized carbons (Fsp3) is 0.378. The van der Waals surface area contributed by atoms with Crippen molar-refractivity contribution >= 4 is 19.5 Å². The van der Waals surface area contributed by atoms with Gasteiger partial charge in [-0.3, -0.25) is 4.57 Å². The van der Waals surface area contributed by atoms with Gasteiger partial charge >= 0.3 is 0 Å². The Labute approximate surface area is 287 Å². The van der Waals surface area contributed by atoms with E-state index in [1.165, 1.54) is 26.9 Å². The van der Waals surface area contributed by atoms with Crippen molar-refractivity contribution in [1.82, 2.24) is 19.5 Å². The van der Waals surface area contributed by atoms with E-state index in [2.05, 4.69) is 35.7 Å². The van der Waals surface area contributed by atoms with Gasteiger partial charge in [0.1, 0.15) is 12.4 Å². The molecule has 0 spiro atoms. The highest BCUT2D eigenvalue weighted by Gasteiger charge is 2.85. The van der Waals surface area contributed by atoms with Crippen LogP contribution in [0.25, 0.3) is 11.2 Å². The average Bonchev–Trinajstić information content (AvgIpc) is 3.63. The fourth-order valence-corrected chi connectivity index (χ4v) is 8.55. The van der Waals surface area contributed by atoms with Crippen molar-refractivity contribution in [3.63, 3.8) is 0 Å². The normalized spacial score (nSPS) is 24.8. The Kier molecular flexibility index (Phi) is 8.81. The van der Waals surface area contributed by atoms with Crippen molar-refractivity contribution in [3.8, 4) is 5.88 Å². The lowest BCUT2D eigenvalue weighted by molar-refractivity contribution is -0.388. The van der Waals surface area contributed by atoms with Gasteiger partial charge in [0.25, 0.3) is 11.6 Å². The molecule has 5 aromatic rings. The number of aromatic hydroxyl groups is 1. The van der Waals surface area contributed by atoms with Crippen molar-refractivity contribution in [2.24, 2.45) is 0 Å². The van der Waals surface area contributed by atoms with Gasteiger partial charge < -0.3 is 34.0 Å². The van der Waals surface area contributed by atoms with E-state index >= 15 is 0 Å². The van der Waals surface area contributed by atoms with Gasteiger partial charge in [-0.25, -0.2) is 9.97 Å². The molecule has 3 N–H and O–H groups in total. The summed E-state index contributed by atoms with van der Waals surface area (Å²) in [5.41, 5.74) is -1.14. The predicted octanol–water partition coefficient (Wildman–Crippen LogP) is 5.31. The highest BCUT2D eigenvalue weighted by atomic mass is 28.4. The Bertz CT molecular complexity index is 1810. The summed E-state index contributed by atoms with van der Waals surface area (Å²) in [7, 11) is -0.244. The van der Waals surface area contributed by atoms with Crippen molar-refractivity contribution in [2.75, 3.05) is 20.8 Å². The summed E-state index contributed by atoms with van der Waals surface area (Å²) in [6.07, 6.45) is 1.26. The van der Waals surface area contributed by atoms with Crippen molar-refractivity contribution < 1.29 is 34.0 Å². The number of hydrogen-bond acceptors (Lipinski definition) is 10. The summed E-state index contributed by atoms with van der Waals surface area (Å²) in [5, 5.41) is 34.8. The van der Waals surface area contributed by atoms with Crippen LogP contribution in [0.4, 0.5) is 0 Å². The zero-order valence-electron chi connectivity index (χ0n) is 28.9. The van der Waals surface area contributed by atoms with Crippen LogP contribution in [0, 0.1) is 0 Å². The maximum Gasteiger partial charge on any atom is 0.268 e. The first kappa shape index (κ1) is 34.8. The Morgan fingerprint density at radius 1 is 0.816 bits per heavy atom. The minimum Gasteiger partial charge on any atom is -0.492 e. The summed E-state index contributed by atoms with van der Waals surface area (Å²) in [5.74, 6) is -5.07. The van der Waals surface area contributed by atoms with E-state index in [9.17, 15) is 15.3 Å². The van der Waals surface area contributed by atoms with E-state index in [0.717, 1.165) is 16.7 Å². The van der Waals surface area contributed by atoms with E-state index in [4.69, 9.17) is 18.6 Å². The standard InChI is InChI=1S/C37H44N4O7Si/c1-33(2,3)49(6,7)48-37(46-5)35(44,45-4)29(23-42)47-36(37,41-25-40-30-31(41)38-24-39-32(30)43)34(26-17-11-8-12-18-26,27-19-13-9-14-20-27)28-21-15-10-16-22-28/h8-22,24-25,29,42,44H,23H2,1-7H3,(H,38,39,43)/t29-,35+,36-,37-/m1/s1. The molecule has 1 fully saturated rings. The van der Waals surface area contributed by atoms with Crippen LogP contribution in [0.15, 0.2) is 104 Å². The van der Waals surface area contributed by atoms with Crippen LogP contribution < -0.4 is 0 Å². The molecule has 1 aliphatic rings. The zero-order valence-corrected chi connectivity index (χ0v) is 29.9. The highest BCUT2D eigenvalue weighted by molar-refractivity contribution is 6.74. The predicted molar refractivity (Wildman–Crippen MR) is 186 cm³/mol. The number of fused-ring (bicyclic) bond motifs is 1. The number of aromatic nitrogens is 4. The molecule has 0 aliphatic carbocycles. The Hall–Kier alpha value is -4.01. The molecule has 0 saturated carbocycles. The molecule has 49 heavy (non-hydrogen) atoms. The molecule has 12 heteroatoms. The fourth-order valence-electron chi connectivity index (χ4n) is 7.16. The Balaban J connectivity index is 1.97. The maximum absolute atomic E-state index is 13.1. The second-order valence-corrected chi connectivity index (χ2v) is 18.6. The lowest BCUT2D eigenvalue weighted by Crippen LogP contribution is -2.76. The summed E-state index contributed by atoms with van der Waals surface area (Å²) in [6.45, 7) is 9.62. The van der Waals surface area contributed by atoms with E-state index in [-0.39, 0.29) is 17.0 Å². The highest BCUT2D eigenvalue weighted by Crippen LogP contribution is 2.66. The topological polar surface area (TPSA) is 141 Å². The first-order chi connectivity index (χ1) is 23.3. The third-order valence-electron chi connectivity index (χ3n) is 10.4. The number of methoxy groups -OCH3 is 2. The molecular weight excluding hydrogens is 641 g/mol. The van der Waals surface area contributed by atoms with Gasteiger partial charge in [-0.2, -0.15) is 4.98 Å². The van der Waals surface area contributed by atoms with Crippen molar-refractivity contribution in [1.29, 1.82) is 0 Å². The SMILES string of the molecule is CO[C@@]1(O[Si](C)(C)C(C)(C)C)[C@@](O)(OC)[C@@H](CO)O[C@]1(n1cnc2c(O)ncnc21)C(c1ccccc1)(c1ccccc1)c1ccccc1. The summed E-state index contributed by atoms with van der Waals surface area (Å²) >= 11 is 0. The smallest absolute Gasteiger partial charge is 0.268 e. The van der Waals surface area contributed by atoms with Crippen LogP contribution in [0.5, 0.6) is 5.88 Å². The number of hydrogen-bond donors (Lipinski definition) is 3. The number of ether oxygens (including phenoxy) is 3. The van der Waals surface area contributed by atoms with Gasteiger partial charge in [-0.15, -0.1) is 0 Å². The third-order valence-corrected chi connectivity index (χ3v) is 14.8. The molecule has 11 nitrogen and oxygen atoms in total. The number of nitrogens with zero attached hydrogens (tertiary/aromatic N) is 4. The minimum atomic E-state index is -3.01. The molecule has 0 amide bonds.